The van der Waals surface area contributed by atoms with Crippen LogP contribution in [-0.2, 0) is 19.9 Å². The van der Waals surface area contributed by atoms with Gasteiger partial charge in [-0.2, -0.15) is 5.26 Å². The fourth-order valence-electron chi connectivity index (χ4n) is 5.64. The lowest BCUT2D eigenvalue weighted by Gasteiger charge is -2.50. The van der Waals surface area contributed by atoms with E-state index in [9.17, 15) is 22.1 Å². The van der Waals surface area contributed by atoms with Crippen LogP contribution in [0.3, 0.4) is 0 Å². The number of sulfone groups is 1. The second kappa shape index (κ2) is 10.1. The molecule has 0 spiro atoms. The maximum absolute atomic E-state index is 14.7. The molecule has 0 fully saturated rings. The highest BCUT2D eigenvalue weighted by atomic mass is 32.2. The summed E-state index contributed by atoms with van der Waals surface area (Å²) in [6.45, 7) is 7.60. The summed E-state index contributed by atoms with van der Waals surface area (Å²) >= 11 is 0. The van der Waals surface area contributed by atoms with Crippen LogP contribution in [0.15, 0.2) is 126 Å². The monoisotopic (exact) mass is 568 g/mol. The number of sulfonamides is 1. The smallest absolute Gasteiger partial charge is 0.256 e. The van der Waals surface area contributed by atoms with Crippen LogP contribution in [0.4, 0.5) is 5.69 Å². The van der Waals surface area contributed by atoms with Crippen LogP contribution in [0.5, 0.6) is 0 Å². The van der Waals surface area contributed by atoms with Crippen LogP contribution in [0, 0.1) is 25.2 Å². The van der Waals surface area contributed by atoms with E-state index in [-0.39, 0.29) is 9.79 Å². The van der Waals surface area contributed by atoms with Crippen molar-refractivity contribution in [2.75, 3.05) is 4.31 Å². The van der Waals surface area contributed by atoms with E-state index >= 15 is 0 Å². The Balaban J connectivity index is 1.98. The number of anilines is 1. The van der Waals surface area contributed by atoms with E-state index in [4.69, 9.17) is 0 Å². The summed E-state index contributed by atoms with van der Waals surface area (Å²) in [5.74, 6) is -1.05. The number of benzene rings is 4. The predicted octanol–water partition coefficient (Wildman–Crippen LogP) is 6.26. The van der Waals surface area contributed by atoms with Crippen LogP contribution < -0.4 is 4.31 Å². The van der Waals surface area contributed by atoms with Gasteiger partial charge in [0.15, 0.2) is 4.75 Å². The predicted molar refractivity (Wildman–Crippen MR) is 156 cm³/mol. The maximum atomic E-state index is 14.7. The number of hydrogen-bond acceptors (Lipinski definition) is 5. The van der Waals surface area contributed by atoms with Crippen LogP contribution in [-0.4, -0.2) is 21.6 Å². The van der Waals surface area contributed by atoms with Crippen LogP contribution in [0.2, 0.25) is 0 Å². The van der Waals surface area contributed by atoms with Crippen molar-refractivity contribution in [1.29, 1.82) is 5.26 Å². The zero-order valence-electron chi connectivity index (χ0n) is 22.1. The van der Waals surface area contributed by atoms with E-state index in [1.165, 1.54) is 30.3 Å². The molecule has 3 atom stereocenters. The van der Waals surface area contributed by atoms with Gasteiger partial charge in [-0.05, 0) is 54.8 Å². The summed E-state index contributed by atoms with van der Waals surface area (Å²) in [6, 6.07) is 28.5. The number of hydrogen-bond donors (Lipinski definition) is 0. The second-order valence-electron chi connectivity index (χ2n) is 9.87. The molecule has 0 radical (unpaired) electrons. The van der Waals surface area contributed by atoms with Gasteiger partial charge in [0.2, 0.25) is 9.84 Å². The van der Waals surface area contributed by atoms with Gasteiger partial charge in [-0.1, -0.05) is 90.5 Å². The van der Waals surface area contributed by atoms with Crippen molar-refractivity contribution in [3.8, 4) is 6.07 Å². The van der Waals surface area contributed by atoms with E-state index in [1.54, 1.807) is 85.8 Å². The van der Waals surface area contributed by atoms with E-state index in [0.29, 0.717) is 22.4 Å². The van der Waals surface area contributed by atoms with Crippen molar-refractivity contribution < 1.29 is 16.8 Å². The van der Waals surface area contributed by atoms with Crippen molar-refractivity contribution in [2.24, 2.45) is 0 Å². The van der Waals surface area contributed by atoms with Crippen molar-refractivity contribution in [2.45, 2.75) is 40.3 Å². The van der Waals surface area contributed by atoms with Gasteiger partial charge in [0.1, 0.15) is 6.04 Å². The third-order valence-corrected chi connectivity index (χ3v) is 11.7. The molecule has 40 heavy (non-hydrogen) atoms. The summed E-state index contributed by atoms with van der Waals surface area (Å²) in [5.41, 5.74) is 2.62. The van der Waals surface area contributed by atoms with E-state index in [1.807, 2.05) is 6.92 Å². The van der Waals surface area contributed by atoms with E-state index in [2.05, 4.69) is 12.6 Å². The third kappa shape index (κ3) is 3.96. The largest absolute Gasteiger partial charge is 0.264 e. The minimum absolute atomic E-state index is 0.00534. The number of aryl methyl sites for hydroxylation is 2. The zero-order valence-corrected chi connectivity index (χ0v) is 23.7. The van der Waals surface area contributed by atoms with E-state index in [0.717, 1.165) is 9.87 Å². The van der Waals surface area contributed by atoms with E-state index < -0.39 is 36.6 Å². The molecule has 0 amide bonds. The minimum atomic E-state index is -4.51. The lowest BCUT2D eigenvalue weighted by Crippen LogP contribution is -2.58. The van der Waals surface area contributed by atoms with Crippen LogP contribution >= 0.6 is 0 Å². The first-order valence-corrected chi connectivity index (χ1v) is 15.6. The molecule has 0 aliphatic carbocycles. The first-order valence-electron chi connectivity index (χ1n) is 12.7. The number of nitrogens with zero attached hydrogens (tertiary/aromatic N) is 2. The van der Waals surface area contributed by atoms with Gasteiger partial charge in [0.05, 0.1) is 21.5 Å². The molecule has 0 saturated carbocycles. The van der Waals surface area contributed by atoms with Crippen molar-refractivity contribution in [1.82, 2.24) is 0 Å². The number of rotatable bonds is 6. The molecule has 0 bridgehead atoms. The minimum Gasteiger partial charge on any atom is -0.256 e. The summed E-state index contributed by atoms with van der Waals surface area (Å²) in [5, 5.41) is 11.1. The molecule has 8 heteroatoms. The van der Waals surface area contributed by atoms with Gasteiger partial charge in [-0.15, -0.1) is 6.58 Å². The highest BCUT2D eigenvalue weighted by molar-refractivity contribution is 7.94. The van der Waals surface area contributed by atoms with Gasteiger partial charge >= 0.3 is 0 Å². The topological polar surface area (TPSA) is 95.3 Å². The quantitative estimate of drug-likeness (QED) is 0.256. The Morgan fingerprint density at radius 1 is 0.800 bits per heavy atom. The van der Waals surface area contributed by atoms with Gasteiger partial charge in [-0.3, -0.25) is 4.31 Å². The number of nitriles is 1. The Bertz CT molecular complexity index is 1830. The van der Waals surface area contributed by atoms with Crippen LogP contribution in [0.1, 0.15) is 34.2 Å². The molecule has 0 aromatic heterocycles. The molecule has 5 rings (SSSR count). The fraction of sp³-hybridized carbons (Fsp3) is 0.156. The van der Waals surface area contributed by atoms with Crippen molar-refractivity contribution >= 4 is 25.5 Å². The zero-order chi connectivity index (χ0) is 28.7. The highest BCUT2D eigenvalue weighted by Crippen LogP contribution is 2.58. The summed E-state index contributed by atoms with van der Waals surface area (Å²) in [7, 11) is -8.89. The first-order chi connectivity index (χ1) is 19.1. The lowest BCUT2D eigenvalue weighted by molar-refractivity contribution is 0.456. The number of fused-ring (bicyclic) bond motifs is 1. The van der Waals surface area contributed by atoms with Gasteiger partial charge in [0, 0.05) is 5.92 Å². The summed E-state index contributed by atoms with van der Waals surface area (Å²) < 4.78 is 57.7. The molecule has 1 aliphatic heterocycles. The van der Waals surface area contributed by atoms with Crippen molar-refractivity contribution in [3.05, 3.63) is 138 Å². The summed E-state index contributed by atoms with van der Waals surface area (Å²) in [4.78, 5) is -0.0812. The molecule has 0 N–H and O–H groups in total. The van der Waals surface area contributed by atoms with Gasteiger partial charge in [-0.25, -0.2) is 16.8 Å². The third-order valence-electron chi connectivity index (χ3n) is 7.53. The first kappa shape index (κ1) is 27.4. The normalized spacial score (nSPS) is 20.8. The van der Waals surface area contributed by atoms with Crippen LogP contribution in [0.25, 0.3) is 0 Å². The Kier molecular flexibility index (Phi) is 6.90. The fourth-order valence-corrected chi connectivity index (χ4v) is 9.59. The Morgan fingerprint density at radius 2 is 1.40 bits per heavy atom. The molecule has 4 aromatic carbocycles. The summed E-state index contributed by atoms with van der Waals surface area (Å²) in [6.07, 6.45) is 1.45. The molecule has 6 nitrogen and oxygen atoms in total. The molecule has 1 aliphatic rings. The highest BCUT2D eigenvalue weighted by Gasteiger charge is 2.64. The molecule has 1 heterocycles. The SMILES string of the molecule is C=C[C@@H]1c2cccc(C)c2N(S(=O)(=O)c2ccc(C)cc2)[C@H](c2ccccc2)C1(C#N)S(=O)(=O)c1ccccc1. The number of para-hydroxylation sites is 1. The Hall–Kier alpha value is -4.19. The van der Waals surface area contributed by atoms with Gasteiger partial charge in [0.25, 0.3) is 10.0 Å². The molecule has 0 saturated heterocycles. The second-order valence-corrected chi connectivity index (χ2v) is 13.8. The molecular formula is C32H28N2O4S2. The van der Waals surface area contributed by atoms with Gasteiger partial charge < -0.3 is 0 Å². The molecule has 202 valence electrons. The Morgan fingerprint density at radius 3 is 1.98 bits per heavy atom. The Labute approximate surface area is 235 Å². The molecular weight excluding hydrogens is 540 g/mol. The molecule has 1 unspecified atom stereocenters. The average molecular weight is 569 g/mol. The standard InChI is InChI=1S/C32H28N2O4S2/c1-4-29-28-17-11-12-24(3)30(28)34(40(37,38)27-20-18-23(2)19-21-27)31(25-13-7-5-8-14-25)32(29,22-33)39(35,36)26-15-9-6-10-16-26/h4-21,29,31H,1H2,2-3H3/t29-,31-,32?/m1/s1. The lowest BCUT2D eigenvalue weighted by atomic mass is 9.74. The average Bonchev–Trinajstić information content (AvgIpc) is 2.97. The number of allylic oxidation sites excluding steroid dienone is 1. The van der Waals surface area contributed by atoms with Crippen molar-refractivity contribution in [3.63, 3.8) is 0 Å². The molecule has 4 aromatic rings. The maximum Gasteiger partial charge on any atom is 0.264 e.